The predicted molar refractivity (Wildman–Crippen MR) is 104 cm³/mol. The quantitative estimate of drug-likeness (QED) is 0.365. The van der Waals surface area contributed by atoms with E-state index in [2.05, 4.69) is 24.7 Å². The molecule has 0 fully saturated rings. The molecule has 31 heavy (non-hydrogen) atoms. The number of halogens is 2. The van der Waals surface area contributed by atoms with Gasteiger partial charge in [-0.25, -0.2) is 9.59 Å². The first-order chi connectivity index (χ1) is 14.8. The number of anilines is 1. The fraction of sp³-hybridized carbons (Fsp3) is 0.200. The second-order valence-corrected chi connectivity index (χ2v) is 5.79. The molecule has 2 aromatic rings. The summed E-state index contributed by atoms with van der Waals surface area (Å²) in [6.45, 7) is -3.39. The lowest BCUT2D eigenvalue weighted by atomic mass is 10.1. The maximum Gasteiger partial charge on any atom is 0.387 e. The first-order valence-electron chi connectivity index (χ1n) is 8.64. The highest BCUT2D eigenvalue weighted by molar-refractivity contribution is 5.99. The van der Waals surface area contributed by atoms with Crippen LogP contribution in [0.1, 0.15) is 26.3 Å². The molecule has 9 nitrogen and oxygen atoms in total. The first kappa shape index (κ1) is 23.3. The van der Waals surface area contributed by atoms with Crippen molar-refractivity contribution in [3.8, 4) is 5.75 Å². The van der Waals surface area contributed by atoms with Crippen molar-refractivity contribution in [3.05, 3.63) is 59.2 Å². The SMILES string of the molecule is COC(=O)c1cc(NC(=O)CO/N=C/c2ccc(OC(F)F)cc2)cc(C(=O)OC)c1. The molecule has 0 aliphatic rings. The van der Waals surface area contributed by atoms with Crippen molar-refractivity contribution in [2.75, 3.05) is 26.1 Å². The molecule has 0 aromatic heterocycles. The number of esters is 2. The molecule has 1 amide bonds. The first-order valence-corrected chi connectivity index (χ1v) is 8.64. The number of nitrogens with one attached hydrogen (secondary N) is 1. The molecule has 2 aromatic carbocycles. The number of oxime groups is 1. The summed E-state index contributed by atoms with van der Waals surface area (Å²) in [7, 11) is 2.35. The highest BCUT2D eigenvalue weighted by Crippen LogP contribution is 2.17. The van der Waals surface area contributed by atoms with Gasteiger partial charge in [-0.1, -0.05) is 5.16 Å². The fourth-order valence-electron chi connectivity index (χ4n) is 2.30. The Morgan fingerprint density at radius 3 is 2.10 bits per heavy atom. The molecule has 0 aliphatic carbocycles. The molecule has 11 heteroatoms. The largest absolute Gasteiger partial charge is 0.465 e. The number of carbonyl (C=O) groups is 3. The number of hydrogen-bond acceptors (Lipinski definition) is 8. The van der Waals surface area contributed by atoms with Gasteiger partial charge in [0.05, 0.1) is 31.6 Å². The molecule has 0 spiro atoms. The van der Waals surface area contributed by atoms with Gasteiger partial charge in [0.2, 0.25) is 0 Å². The van der Waals surface area contributed by atoms with E-state index in [1.807, 2.05) is 0 Å². The molecule has 0 unspecified atom stereocenters. The van der Waals surface area contributed by atoms with Gasteiger partial charge in [-0.15, -0.1) is 0 Å². The molecule has 0 aliphatic heterocycles. The van der Waals surface area contributed by atoms with Crippen LogP contribution in [0.15, 0.2) is 47.6 Å². The summed E-state index contributed by atoms with van der Waals surface area (Å²) in [4.78, 5) is 40.4. The third-order valence-electron chi connectivity index (χ3n) is 3.64. The van der Waals surface area contributed by atoms with Crippen LogP contribution in [-0.2, 0) is 19.1 Å². The Morgan fingerprint density at radius 2 is 1.58 bits per heavy atom. The van der Waals surface area contributed by atoms with Crippen molar-refractivity contribution < 1.29 is 42.2 Å². The van der Waals surface area contributed by atoms with Gasteiger partial charge in [-0.05, 0) is 48.0 Å². The summed E-state index contributed by atoms with van der Waals surface area (Å²) in [5.41, 5.74) is 0.754. The van der Waals surface area contributed by atoms with Crippen molar-refractivity contribution in [3.63, 3.8) is 0 Å². The van der Waals surface area contributed by atoms with Gasteiger partial charge in [-0.3, -0.25) is 4.79 Å². The van der Waals surface area contributed by atoms with Gasteiger partial charge in [-0.2, -0.15) is 8.78 Å². The van der Waals surface area contributed by atoms with Crippen LogP contribution in [0.25, 0.3) is 0 Å². The minimum Gasteiger partial charge on any atom is -0.465 e. The Hall–Kier alpha value is -4.02. The molecular formula is C20H18F2N2O7. The van der Waals surface area contributed by atoms with E-state index >= 15 is 0 Å². The van der Waals surface area contributed by atoms with E-state index in [9.17, 15) is 23.2 Å². The van der Waals surface area contributed by atoms with E-state index in [0.717, 1.165) is 0 Å². The molecule has 164 valence electrons. The number of amides is 1. The van der Waals surface area contributed by atoms with Crippen LogP contribution >= 0.6 is 0 Å². The van der Waals surface area contributed by atoms with Crippen molar-refractivity contribution in [2.45, 2.75) is 6.61 Å². The third-order valence-corrected chi connectivity index (χ3v) is 3.64. The molecule has 0 heterocycles. The van der Waals surface area contributed by atoms with E-state index in [-0.39, 0.29) is 22.6 Å². The van der Waals surface area contributed by atoms with Crippen LogP contribution in [0.2, 0.25) is 0 Å². The Labute approximate surface area is 175 Å². The molecule has 1 N–H and O–H groups in total. The zero-order chi connectivity index (χ0) is 22.8. The molecular weight excluding hydrogens is 418 g/mol. The van der Waals surface area contributed by atoms with Crippen LogP contribution < -0.4 is 10.1 Å². The predicted octanol–water partition coefficient (Wildman–Crippen LogP) is 2.85. The lowest BCUT2D eigenvalue weighted by molar-refractivity contribution is -0.120. The highest BCUT2D eigenvalue weighted by atomic mass is 19.3. The number of rotatable bonds is 9. The number of alkyl halides is 2. The normalized spacial score (nSPS) is 10.6. The fourth-order valence-corrected chi connectivity index (χ4v) is 2.30. The Morgan fingerprint density at radius 1 is 1.00 bits per heavy atom. The van der Waals surface area contributed by atoms with Gasteiger partial charge in [0.1, 0.15) is 5.75 Å². The van der Waals surface area contributed by atoms with Gasteiger partial charge >= 0.3 is 18.6 Å². The summed E-state index contributed by atoms with van der Waals surface area (Å²) < 4.78 is 37.7. The van der Waals surface area contributed by atoms with Crippen molar-refractivity contribution >= 4 is 29.7 Å². The number of nitrogens with zero attached hydrogens (tertiary/aromatic N) is 1. The minimum absolute atomic E-state index is 0.00652. The average molecular weight is 436 g/mol. The average Bonchev–Trinajstić information content (AvgIpc) is 2.76. The molecule has 0 saturated heterocycles. The lowest BCUT2D eigenvalue weighted by Gasteiger charge is -2.09. The number of hydrogen-bond donors (Lipinski definition) is 1. The Bertz CT molecular complexity index is 928. The molecule has 0 saturated carbocycles. The summed E-state index contributed by atoms with van der Waals surface area (Å²) in [5, 5.41) is 6.07. The van der Waals surface area contributed by atoms with Crippen LogP contribution in [0.5, 0.6) is 5.75 Å². The lowest BCUT2D eigenvalue weighted by Crippen LogP contribution is -2.18. The molecule has 0 bridgehead atoms. The second kappa shape index (κ2) is 11.2. The zero-order valence-electron chi connectivity index (χ0n) is 16.5. The molecule has 2 rings (SSSR count). The topological polar surface area (TPSA) is 113 Å². The number of ether oxygens (including phenoxy) is 3. The number of methoxy groups -OCH3 is 2. The van der Waals surface area contributed by atoms with Crippen LogP contribution in [0.4, 0.5) is 14.5 Å². The van der Waals surface area contributed by atoms with E-state index in [1.165, 1.54) is 62.9 Å². The van der Waals surface area contributed by atoms with Gasteiger partial charge < -0.3 is 24.4 Å². The van der Waals surface area contributed by atoms with E-state index in [4.69, 9.17) is 4.84 Å². The summed E-state index contributed by atoms with van der Waals surface area (Å²) in [5.74, 6) is -2.03. The standard InChI is InChI=1S/C20H18F2N2O7/c1-28-18(26)13-7-14(19(27)29-2)9-15(8-13)24-17(25)11-30-23-10-12-3-5-16(6-4-12)31-20(21)22/h3-10,20H,11H2,1-2H3,(H,24,25)/b23-10+. The molecule has 0 radical (unpaired) electrons. The maximum atomic E-state index is 12.1. The highest BCUT2D eigenvalue weighted by Gasteiger charge is 2.15. The van der Waals surface area contributed by atoms with Crippen LogP contribution in [0.3, 0.4) is 0 Å². The minimum atomic E-state index is -2.92. The van der Waals surface area contributed by atoms with E-state index in [0.29, 0.717) is 5.56 Å². The van der Waals surface area contributed by atoms with Gasteiger partial charge in [0, 0.05) is 5.69 Å². The van der Waals surface area contributed by atoms with Crippen molar-refractivity contribution in [1.82, 2.24) is 0 Å². The number of carbonyl (C=O) groups excluding carboxylic acids is 3. The maximum absolute atomic E-state index is 12.1. The van der Waals surface area contributed by atoms with Crippen LogP contribution in [-0.4, -0.2) is 51.5 Å². The van der Waals surface area contributed by atoms with Crippen molar-refractivity contribution in [2.24, 2.45) is 5.16 Å². The summed E-state index contributed by atoms with van der Waals surface area (Å²) in [6.07, 6.45) is 1.27. The third kappa shape index (κ3) is 7.38. The number of benzene rings is 2. The molecule has 0 atom stereocenters. The summed E-state index contributed by atoms with van der Waals surface area (Å²) >= 11 is 0. The zero-order valence-corrected chi connectivity index (χ0v) is 16.5. The van der Waals surface area contributed by atoms with Crippen LogP contribution in [0, 0.1) is 0 Å². The van der Waals surface area contributed by atoms with Crippen molar-refractivity contribution in [1.29, 1.82) is 0 Å². The smallest absolute Gasteiger partial charge is 0.387 e. The van der Waals surface area contributed by atoms with E-state index in [1.54, 1.807) is 0 Å². The summed E-state index contributed by atoms with van der Waals surface area (Å²) in [6, 6.07) is 9.51. The monoisotopic (exact) mass is 436 g/mol. The Balaban J connectivity index is 1.95. The Kier molecular flexibility index (Phi) is 8.43. The van der Waals surface area contributed by atoms with Gasteiger partial charge in [0.15, 0.2) is 6.61 Å². The van der Waals surface area contributed by atoms with Gasteiger partial charge in [0.25, 0.3) is 5.91 Å². The second-order valence-electron chi connectivity index (χ2n) is 5.79. The van der Waals surface area contributed by atoms with E-state index < -0.39 is 31.1 Å².